The van der Waals surface area contributed by atoms with Crippen molar-refractivity contribution in [2.24, 2.45) is 5.41 Å². The number of hydrogen-bond donors (Lipinski definition) is 1. The molecule has 2 aromatic rings. The van der Waals surface area contributed by atoms with Crippen LogP contribution in [-0.2, 0) is 16.0 Å². The maximum absolute atomic E-state index is 13.0. The summed E-state index contributed by atoms with van der Waals surface area (Å²) < 4.78 is 5.86. The summed E-state index contributed by atoms with van der Waals surface area (Å²) in [6, 6.07) is 9.85. The van der Waals surface area contributed by atoms with Crippen LogP contribution >= 0.6 is 0 Å². The van der Waals surface area contributed by atoms with Crippen LogP contribution in [0, 0.1) is 5.41 Å². The SMILES string of the molecule is C[C@@H]1CN(c2ncc3c(n2)CC(C)(C)C[C@@H]3NC(=O)[C@@H](C)c2ccccc2)C[C@H](C)O1. The van der Waals surface area contributed by atoms with Gasteiger partial charge in [-0.25, -0.2) is 9.97 Å². The Bertz CT molecular complexity index is 920. The van der Waals surface area contributed by atoms with Crippen molar-refractivity contribution < 1.29 is 9.53 Å². The molecular formula is C25H34N4O2. The number of carbonyl (C=O) groups excluding carboxylic acids is 1. The fourth-order valence-electron chi connectivity index (χ4n) is 4.85. The molecule has 2 heterocycles. The lowest BCUT2D eigenvalue weighted by molar-refractivity contribution is -0.123. The zero-order chi connectivity index (χ0) is 22.2. The van der Waals surface area contributed by atoms with Gasteiger partial charge in [0, 0.05) is 24.8 Å². The summed E-state index contributed by atoms with van der Waals surface area (Å²) in [5, 5.41) is 3.29. The van der Waals surface area contributed by atoms with E-state index in [0.29, 0.717) is 0 Å². The van der Waals surface area contributed by atoms with E-state index in [4.69, 9.17) is 14.7 Å². The van der Waals surface area contributed by atoms with Gasteiger partial charge in [0.2, 0.25) is 11.9 Å². The van der Waals surface area contributed by atoms with Crippen molar-refractivity contribution in [3.63, 3.8) is 0 Å². The van der Waals surface area contributed by atoms with Crippen LogP contribution in [0.1, 0.15) is 69.8 Å². The molecule has 0 bridgehead atoms. The predicted molar refractivity (Wildman–Crippen MR) is 122 cm³/mol. The van der Waals surface area contributed by atoms with Crippen LogP contribution in [-0.4, -0.2) is 41.2 Å². The third kappa shape index (κ3) is 4.90. The number of fused-ring (bicyclic) bond motifs is 1. The molecule has 6 heteroatoms. The lowest BCUT2D eigenvalue weighted by Gasteiger charge is -2.38. The highest BCUT2D eigenvalue weighted by Crippen LogP contribution is 2.40. The van der Waals surface area contributed by atoms with Crippen LogP contribution in [0.3, 0.4) is 0 Å². The Morgan fingerprint density at radius 2 is 1.87 bits per heavy atom. The second kappa shape index (κ2) is 8.58. The highest BCUT2D eigenvalue weighted by atomic mass is 16.5. The van der Waals surface area contributed by atoms with Crippen LogP contribution < -0.4 is 10.2 Å². The Morgan fingerprint density at radius 1 is 1.19 bits per heavy atom. The number of hydrogen-bond acceptors (Lipinski definition) is 5. The van der Waals surface area contributed by atoms with Gasteiger partial charge in [0.25, 0.3) is 0 Å². The first-order valence-corrected chi connectivity index (χ1v) is 11.3. The maximum Gasteiger partial charge on any atom is 0.227 e. The standard InChI is InChI=1S/C25H34N4O2/c1-16-14-29(15-17(2)31-16)24-26-13-20-21(11-25(4,5)12-22(20)28-24)27-23(30)18(3)19-9-7-6-8-10-19/h6-10,13,16-18,21H,11-12,14-15H2,1-5H3,(H,27,30)/t16-,17+,18-,21-/m0/s1. The van der Waals surface area contributed by atoms with Crippen LogP contribution in [0.2, 0.25) is 0 Å². The molecule has 1 saturated heterocycles. The number of carbonyl (C=O) groups is 1. The largest absolute Gasteiger partial charge is 0.372 e. The molecule has 31 heavy (non-hydrogen) atoms. The summed E-state index contributed by atoms with van der Waals surface area (Å²) >= 11 is 0. The van der Waals surface area contributed by atoms with E-state index < -0.39 is 0 Å². The summed E-state index contributed by atoms with van der Waals surface area (Å²) in [4.78, 5) is 24.9. The lowest BCUT2D eigenvalue weighted by Crippen LogP contribution is -2.46. The second-order valence-corrected chi connectivity index (χ2v) is 9.97. The Labute approximate surface area is 185 Å². The minimum absolute atomic E-state index is 0.0414. The van der Waals surface area contributed by atoms with Crippen LogP contribution in [0.25, 0.3) is 0 Å². The fourth-order valence-corrected chi connectivity index (χ4v) is 4.85. The molecule has 4 rings (SSSR count). The van der Waals surface area contributed by atoms with Gasteiger partial charge in [-0.15, -0.1) is 0 Å². The Hall–Kier alpha value is -2.47. The number of anilines is 1. The number of rotatable bonds is 4. The molecule has 1 aromatic heterocycles. The van der Waals surface area contributed by atoms with E-state index in [2.05, 4.69) is 37.9 Å². The van der Waals surface area contributed by atoms with Crippen molar-refractivity contribution in [2.45, 2.75) is 71.6 Å². The fraction of sp³-hybridized carbons (Fsp3) is 0.560. The molecule has 1 aliphatic carbocycles. The molecule has 166 valence electrons. The average Bonchev–Trinajstić information content (AvgIpc) is 2.71. The van der Waals surface area contributed by atoms with Crippen molar-refractivity contribution in [2.75, 3.05) is 18.0 Å². The highest BCUT2D eigenvalue weighted by molar-refractivity contribution is 5.83. The van der Waals surface area contributed by atoms with Crippen molar-refractivity contribution in [3.05, 3.63) is 53.3 Å². The normalized spacial score (nSPS) is 26.1. The van der Waals surface area contributed by atoms with Gasteiger partial charge in [-0.3, -0.25) is 4.79 Å². The van der Waals surface area contributed by atoms with Gasteiger partial charge < -0.3 is 15.0 Å². The Morgan fingerprint density at radius 3 is 2.55 bits per heavy atom. The van der Waals surface area contributed by atoms with E-state index in [1.165, 1.54) is 0 Å². The first-order valence-electron chi connectivity index (χ1n) is 11.3. The lowest BCUT2D eigenvalue weighted by atomic mass is 9.74. The van der Waals surface area contributed by atoms with Crippen LogP contribution in [0.4, 0.5) is 5.95 Å². The van der Waals surface area contributed by atoms with Crippen molar-refractivity contribution >= 4 is 11.9 Å². The minimum atomic E-state index is -0.203. The summed E-state index contributed by atoms with van der Waals surface area (Å²) in [5.74, 6) is 0.604. The molecule has 0 unspecified atom stereocenters. The highest BCUT2D eigenvalue weighted by Gasteiger charge is 2.36. The molecule has 2 aliphatic rings. The average molecular weight is 423 g/mol. The van der Waals surface area contributed by atoms with E-state index in [-0.39, 0.29) is 35.5 Å². The monoisotopic (exact) mass is 422 g/mol. The van der Waals surface area contributed by atoms with Crippen LogP contribution in [0.15, 0.2) is 36.5 Å². The summed E-state index contributed by atoms with van der Waals surface area (Å²) in [5.41, 5.74) is 3.17. The van der Waals surface area contributed by atoms with Crippen molar-refractivity contribution in [1.82, 2.24) is 15.3 Å². The number of nitrogens with zero attached hydrogens (tertiary/aromatic N) is 3. The number of aromatic nitrogens is 2. The molecule has 1 amide bonds. The number of benzene rings is 1. The zero-order valence-corrected chi connectivity index (χ0v) is 19.3. The van der Waals surface area contributed by atoms with Gasteiger partial charge >= 0.3 is 0 Å². The smallest absolute Gasteiger partial charge is 0.227 e. The number of amides is 1. The summed E-state index contributed by atoms with van der Waals surface area (Å²) in [7, 11) is 0. The van der Waals surface area contributed by atoms with Gasteiger partial charge in [-0.1, -0.05) is 44.2 Å². The summed E-state index contributed by atoms with van der Waals surface area (Å²) in [6.45, 7) is 12.2. The third-order valence-corrected chi connectivity index (χ3v) is 6.38. The van der Waals surface area contributed by atoms with E-state index in [0.717, 1.165) is 48.7 Å². The molecule has 1 N–H and O–H groups in total. The van der Waals surface area contributed by atoms with Crippen molar-refractivity contribution in [3.8, 4) is 0 Å². The van der Waals surface area contributed by atoms with E-state index in [9.17, 15) is 4.79 Å². The number of nitrogens with one attached hydrogen (secondary N) is 1. The topological polar surface area (TPSA) is 67.4 Å². The molecule has 0 spiro atoms. The maximum atomic E-state index is 13.0. The van der Waals surface area contributed by atoms with E-state index in [1.54, 1.807) is 0 Å². The first-order chi connectivity index (χ1) is 14.7. The molecule has 1 aromatic carbocycles. The third-order valence-electron chi connectivity index (χ3n) is 6.38. The number of morpholine rings is 1. The summed E-state index contributed by atoms with van der Waals surface area (Å²) in [6.07, 6.45) is 4.00. The molecule has 1 aliphatic heterocycles. The van der Waals surface area contributed by atoms with Gasteiger partial charge in [0.05, 0.1) is 29.9 Å². The molecule has 6 nitrogen and oxygen atoms in total. The zero-order valence-electron chi connectivity index (χ0n) is 19.3. The van der Waals surface area contributed by atoms with E-state index in [1.807, 2.05) is 43.5 Å². The van der Waals surface area contributed by atoms with E-state index >= 15 is 0 Å². The van der Waals surface area contributed by atoms with Crippen LogP contribution in [0.5, 0.6) is 0 Å². The first kappa shape index (κ1) is 21.8. The van der Waals surface area contributed by atoms with Gasteiger partial charge in [-0.2, -0.15) is 0 Å². The molecular weight excluding hydrogens is 388 g/mol. The molecule has 1 fully saturated rings. The Balaban J connectivity index is 1.56. The van der Waals surface area contributed by atoms with Gasteiger partial charge in [0.1, 0.15) is 0 Å². The van der Waals surface area contributed by atoms with Gasteiger partial charge in [0.15, 0.2) is 0 Å². The minimum Gasteiger partial charge on any atom is -0.372 e. The molecule has 0 radical (unpaired) electrons. The van der Waals surface area contributed by atoms with Crippen molar-refractivity contribution in [1.29, 1.82) is 0 Å². The quantitative estimate of drug-likeness (QED) is 0.806. The molecule has 4 atom stereocenters. The second-order valence-electron chi connectivity index (χ2n) is 9.97. The Kier molecular flexibility index (Phi) is 6.02. The predicted octanol–water partition coefficient (Wildman–Crippen LogP) is 4.02. The molecule has 0 saturated carbocycles. The number of ether oxygens (including phenoxy) is 1. The van der Waals surface area contributed by atoms with Gasteiger partial charge in [-0.05, 0) is 44.6 Å².